The maximum Gasteiger partial charge on any atom is 0.234 e. The Morgan fingerprint density at radius 1 is 0.916 bits per heavy atom. The van der Waals surface area contributed by atoms with Crippen LogP contribution in [0, 0.1) is 80.3 Å². The van der Waals surface area contributed by atoms with Crippen molar-refractivity contribution in [2.75, 3.05) is 44.1 Å². The minimum Gasteiger partial charge on any atom is -0.508 e. The molecule has 10 N–H and O–H groups in total. The second kappa shape index (κ2) is 21.0. The fourth-order valence-electron chi connectivity index (χ4n) is 22.6. The number of carbonyl (C=O) groups is 2. The number of ketones is 1. The van der Waals surface area contributed by atoms with Crippen molar-refractivity contribution in [3.63, 3.8) is 0 Å². The van der Waals surface area contributed by atoms with Crippen LogP contribution in [0.2, 0.25) is 0 Å². The molecule has 0 radical (unpaired) electrons. The predicted molar refractivity (Wildman–Crippen MR) is 318 cm³/mol. The number of carbonyl (C=O) groups excluding carboxylic acids is 2. The van der Waals surface area contributed by atoms with E-state index in [1.165, 1.54) is 10.8 Å². The number of rotatable bonds is 9. The molecular weight excluding hydrogens is 1090 g/mol. The number of fused-ring (bicyclic) bond motifs is 1. The molecule has 8 aliphatic carbocycles. The highest BCUT2D eigenvalue weighted by atomic mass is 33.1. The van der Waals surface area contributed by atoms with Gasteiger partial charge in [0.15, 0.2) is 5.78 Å². The number of nitrogens with one attached hydrogen (secondary N) is 1. The molecule has 6 saturated carbocycles. The zero-order chi connectivity index (χ0) is 58.7. The van der Waals surface area contributed by atoms with Gasteiger partial charge in [-0.1, -0.05) is 80.7 Å². The number of aromatic hydroxyl groups is 1. The molecule has 6 heterocycles. The lowest BCUT2D eigenvalue weighted by Crippen LogP contribution is -2.72. The van der Waals surface area contributed by atoms with Crippen LogP contribution in [0.3, 0.4) is 0 Å². The number of methoxy groups -OCH3 is 1. The number of amides is 1. The Morgan fingerprint density at radius 3 is 2.43 bits per heavy atom. The first kappa shape index (κ1) is 59.8. The Hall–Kier alpha value is -2.10. The monoisotopic (exact) mass is 1190 g/mol. The van der Waals surface area contributed by atoms with Crippen molar-refractivity contribution < 1.29 is 65.0 Å². The minimum atomic E-state index is -2.03. The number of ether oxygens (including phenoxy) is 2. The van der Waals surface area contributed by atoms with Crippen LogP contribution < -0.4 is 10.2 Å². The molecule has 9 fully saturated rings. The zero-order valence-corrected chi connectivity index (χ0v) is 51.4. The highest BCUT2D eigenvalue weighted by Crippen LogP contribution is 2.77. The normalized spacial score (nSPS) is 49.3. The molecule has 6 aliphatic heterocycles. The third-order valence-corrected chi connectivity index (χ3v) is 29.5. The number of aliphatic hydroxyl groups is 8. The van der Waals surface area contributed by atoms with Crippen molar-refractivity contribution in [2.24, 2.45) is 80.3 Å². The SMILES string of the molecule is COCC[C@@H]1CC[C@@H]([C@@H]2CC[C@@]3(CN4C(=O)[C@]35[C@H](CCC[C@@H]5CO)CSS[C@@H](O)[C@@]35C[C@@H](O)[C@](O)(CO)C[C@]3(C)[C@H]3C[C@@H]6C=CC[C@](O)([C@@H]7O[C@H]7[C@H](C)C(C)C)[C@H]7CC[C@@](O)(C3=CC5=O)[C@@]76CCc3cc(O)cc4c3)[C@H]2O)NC12CCCC2. The van der Waals surface area contributed by atoms with Gasteiger partial charge in [-0.25, -0.2) is 0 Å². The van der Waals surface area contributed by atoms with Gasteiger partial charge in [0.1, 0.15) is 28.5 Å². The number of benzene rings is 1. The van der Waals surface area contributed by atoms with Crippen LogP contribution in [0.1, 0.15) is 155 Å². The fourth-order valence-corrected chi connectivity index (χ4v) is 25.6. The molecule has 0 aromatic heterocycles. The van der Waals surface area contributed by atoms with Crippen LogP contribution in [-0.2, 0) is 25.5 Å². The Labute approximate surface area is 499 Å². The number of aliphatic hydroxyl groups excluding tert-OH is 5. The highest BCUT2D eigenvalue weighted by molar-refractivity contribution is 8.76. The van der Waals surface area contributed by atoms with E-state index < -0.39 is 104 Å². The highest BCUT2D eigenvalue weighted by Gasteiger charge is 2.80. The third kappa shape index (κ3) is 8.15. The molecule has 1 amide bonds. The third-order valence-electron chi connectivity index (χ3n) is 26.9. The molecule has 0 unspecified atom stereocenters. The van der Waals surface area contributed by atoms with E-state index in [2.05, 4.69) is 32.2 Å². The second-order valence-electron chi connectivity index (χ2n) is 30.0. The average molecular weight is 1190 g/mol. The topological polar surface area (TPSA) is 253 Å². The summed E-state index contributed by atoms with van der Waals surface area (Å²) in [5, 5.41) is 118. The van der Waals surface area contributed by atoms with Gasteiger partial charge in [0.05, 0.1) is 41.3 Å². The first-order valence-electron chi connectivity index (χ1n) is 32.3. The summed E-state index contributed by atoms with van der Waals surface area (Å²) in [5.74, 6) is -2.03. The summed E-state index contributed by atoms with van der Waals surface area (Å²) in [6.07, 6.45) is 14.5. The molecule has 22 atom stereocenters. The number of phenolic OH excluding ortho intramolecular Hbond substituents is 1. The van der Waals surface area contributed by atoms with Crippen LogP contribution in [-0.4, -0.2) is 155 Å². The summed E-state index contributed by atoms with van der Waals surface area (Å²) in [6, 6.07) is 5.40. The summed E-state index contributed by atoms with van der Waals surface area (Å²) in [7, 11) is 4.27. The standard InChI is InChI=1S/C66H96N2O13S2/c1-37(2)38(3)53-55(81-53)64(78)21-9-12-41-28-47-48-30-51(72)63(31-52(73)61(77,36-70)34-58(47,63)4)57(76)83-82-33-43-11-8-10-42(32-69)66(43)56(75)68(44-26-39(27-45(71)29-44)15-23-62(41)50(64)17-24-65(48,62)79)35-59(66)22-16-46(54(59)74)49-14-13-40(18-25-80-5)60(67-49)19-6-7-20-60/h9,12,26-27,29-30,37-38,40-43,46-47,49-50,52-55,57,67,69-71,73-74,76-79H,6-8,10-11,13-25,28,31-36H2,1-5H3/t38-,40+,41+,42-,43-,46+,47+,49+,50+,52-,53+,54+,55-,57-,58-,59-,61-,62-,63+,64-,65-,66+/m1/s1. The molecule has 5 spiro atoms. The summed E-state index contributed by atoms with van der Waals surface area (Å²) >= 11 is 0. The number of anilines is 1. The Balaban J connectivity index is 0.961. The molecule has 1 aromatic rings. The van der Waals surface area contributed by atoms with Crippen molar-refractivity contribution >= 4 is 39.0 Å². The Morgan fingerprint density at radius 2 is 1.70 bits per heavy atom. The lowest BCUT2D eigenvalue weighted by Gasteiger charge is -2.68. The van der Waals surface area contributed by atoms with E-state index >= 15 is 9.59 Å². The summed E-state index contributed by atoms with van der Waals surface area (Å²) in [4.78, 5) is 34.4. The molecule has 8 bridgehead atoms. The van der Waals surface area contributed by atoms with Crippen LogP contribution in [0.25, 0.3) is 0 Å². The molecule has 15 nitrogen and oxygen atoms in total. The summed E-state index contributed by atoms with van der Waals surface area (Å²) in [6.45, 7) is 8.22. The summed E-state index contributed by atoms with van der Waals surface area (Å²) < 4.78 is 12.2. The number of piperidine rings is 1. The molecule has 3 saturated heterocycles. The van der Waals surface area contributed by atoms with Gasteiger partial charge in [-0.15, -0.1) is 0 Å². The smallest absolute Gasteiger partial charge is 0.234 e. The van der Waals surface area contributed by atoms with E-state index in [1.54, 1.807) is 25.3 Å². The molecule has 17 heteroatoms. The van der Waals surface area contributed by atoms with E-state index in [0.717, 1.165) is 67.7 Å². The van der Waals surface area contributed by atoms with Crippen LogP contribution in [0.15, 0.2) is 42.0 Å². The number of phenols is 1. The number of nitrogens with zero attached hydrogens (tertiary/aromatic N) is 1. The van der Waals surface area contributed by atoms with E-state index in [-0.39, 0.29) is 91.8 Å². The van der Waals surface area contributed by atoms with Gasteiger partial charge < -0.3 is 65.6 Å². The van der Waals surface area contributed by atoms with E-state index in [0.29, 0.717) is 80.9 Å². The second-order valence-corrected chi connectivity index (χ2v) is 32.5. The zero-order valence-electron chi connectivity index (χ0n) is 49.7. The van der Waals surface area contributed by atoms with E-state index in [4.69, 9.17) is 9.47 Å². The van der Waals surface area contributed by atoms with Gasteiger partial charge in [0.25, 0.3) is 0 Å². The van der Waals surface area contributed by atoms with Crippen LogP contribution in [0.4, 0.5) is 5.69 Å². The average Bonchev–Trinajstić information content (AvgIpc) is 1.71. The van der Waals surface area contributed by atoms with Crippen molar-refractivity contribution in [3.05, 3.63) is 47.6 Å². The number of aryl methyl sites for hydroxylation is 1. The number of hydrogen-bond donors (Lipinski definition) is 10. The van der Waals surface area contributed by atoms with Gasteiger partial charge in [-0.05, 0) is 185 Å². The van der Waals surface area contributed by atoms with Gasteiger partial charge in [0.2, 0.25) is 5.91 Å². The van der Waals surface area contributed by atoms with Gasteiger partial charge in [-0.2, -0.15) is 0 Å². The quantitative estimate of drug-likeness (QED) is 0.0670. The van der Waals surface area contributed by atoms with E-state index in [1.807, 2.05) is 24.0 Å². The minimum absolute atomic E-state index is 0.0182. The number of epoxide rings is 1. The van der Waals surface area contributed by atoms with Crippen molar-refractivity contribution in [2.45, 2.75) is 214 Å². The van der Waals surface area contributed by atoms with Crippen LogP contribution in [0.5, 0.6) is 5.75 Å². The van der Waals surface area contributed by atoms with Gasteiger partial charge in [-0.3, -0.25) is 9.59 Å². The first-order valence-corrected chi connectivity index (χ1v) is 34.6. The number of allylic oxidation sites excluding steroid dienone is 2. The maximum atomic E-state index is 16.6. The lowest BCUT2D eigenvalue weighted by atomic mass is 9.38. The van der Waals surface area contributed by atoms with E-state index in [9.17, 15) is 46.0 Å². The molecule has 83 heavy (non-hydrogen) atoms. The molecule has 15 rings (SSSR count). The van der Waals surface area contributed by atoms with Gasteiger partial charge in [0, 0.05) is 78.6 Å². The molecular formula is C66H96N2O13S2. The van der Waals surface area contributed by atoms with Crippen molar-refractivity contribution in [3.8, 4) is 5.75 Å². The Kier molecular flexibility index (Phi) is 15.1. The molecule has 14 aliphatic rings. The van der Waals surface area contributed by atoms with Crippen molar-refractivity contribution in [1.29, 1.82) is 0 Å². The summed E-state index contributed by atoms with van der Waals surface area (Å²) in [5.41, 5.74) is -11.3. The van der Waals surface area contributed by atoms with Crippen molar-refractivity contribution in [1.82, 2.24) is 5.32 Å². The first-order chi connectivity index (χ1) is 39.5. The predicted octanol–water partition coefficient (Wildman–Crippen LogP) is 7.15. The Bertz CT molecular complexity index is 2760. The maximum absolute atomic E-state index is 16.6. The number of hydrogen-bond acceptors (Lipinski definition) is 16. The van der Waals surface area contributed by atoms with Crippen LogP contribution >= 0.6 is 21.6 Å². The van der Waals surface area contributed by atoms with Gasteiger partial charge >= 0.3 is 0 Å². The lowest BCUT2D eigenvalue weighted by molar-refractivity contribution is -0.235. The fraction of sp³-hybridized carbons (Fsp3) is 0.818. The largest absolute Gasteiger partial charge is 0.508 e. The molecule has 1 aromatic carbocycles. The molecule has 460 valence electrons.